The summed E-state index contributed by atoms with van der Waals surface area (Å²) in [6, 6.07) is 15.3. The van der Waals surface area contributed by atoms with Crippen molar-refractivity contribution in [3.63, 3.8) is 0 Å². The van der Waals surface area contributed by atoms with Crippen LogP contribution in [-0.2, 0) is 25.6 Å². The molecule has 11 nitrogen and oxygen atoms in total. The first kappa shape index (κ1) is 31.0. The third-order valence-electron chi connectivity index (χ3n) is 8.80. The maximum Gasteiger partial charge on any atom is 0.255 e. The normalized spacial score (nSPS) is 22.9. The molecule has 11 heteroatoms. The molecule has 0 unspecified atom stereocenters. The first-order valence-corrected chi connectivity index (χ1v) is 15.4. The Bertz CT molecular complexity index is 1390. The number of nitrogens with zero attached hydrogens (tertiary/aromatic N) is 3. The summed E-state index contributed by atoms with van der Waals surface area (Å²) in [5, 5.41) is 5.82. The lowest BCUT2D eigenvalue weighted by Crippen LogP contribution is -2.54. The molecule has 1 saturated carbocycles. The second-order valence-corrected chi connectivity index (χ2v) is 11.9. The molecule has 5 amide bonds. The van der Waals surface area contributed by atoms with E-state index in [1.807, 2.05) is 30.3 Å². The van der Waals surface area contributed by atoms with E-state index in [9.17, 15) is 24.0 Å². The molecule has 1 saturated heterocycles. The average molecular weight is 604 g/mol. The van der Waals surface area contributed by atoms with Crippen molar-refractivity contribution in [1.82, 2.24) is 25.3 Å². The molecular weight excluding hydrogens is 562 g/mol. The second kappa shape index (κ2) is 13.5. The zero-order valence-electron chi connectivity index (χ0n) is 25.4. The van der Waals surface area contributed by atoms with Crippen LogP contribution in [0.1, 0.15) is 54.9 Å². The zero-order valence-corrected chi connectivity index (χ0v) is 25.4. The van der Waals surface area contributed by atoms with Gasteiger partial charge < -0.3 is 30.1 Å². The summed E-state index contributed by atoms with van der Waals surface area (Å²) >= 11 is 0. The molecule has 0 aromatic heterocycles. The molecule has 234 valence electrons. The molecular formula is C33H41N5O6. The largest absolute Gasteiger partial charge is 0.491 e. The number of fused-ring (bicyclic) bond motifs is 1. The number of likely N-dealkylation sites (N-methyl/N-ethyl adjacent to an activating group) is 1. The highest BCUT2D eigenvalue weighted by molar-refractivity contribution is 6.00. The van der Waals surface area contributed by atoms with Gasteiger partial charge in [-0.05, 0) is 49.8 Å². The van der Waals surface area contributed by atoms with Crippen LogP contribution < -0.4 is 15.4 Å². The van der Waals surface area contributed by atoms with Gasteiger partial charge in [0.25, 0.3) is 5.91 Å². The summed E-state index contributed by atoms with van der Waals surface area (Å²) in [5.74, 6) is -1.03. The average Bonchev–Trinajstić information content (AvgIpc) is 3.84. The number of amides is 5. The van der Waals surface area contributed by atoms with Crippen molar-refractivity contribution < 1.29 is 28.7 Å². The number of carbonyl (C=O) groups excluding carboxylic acids is 5. The highest BCUT2D eigenvalue weighted by atomic mass is 16.5. The quantitative estimate of drug-likeness (QED) is 0.551. The summed E-state index contributed by atoms with van der Waals surface area (Å²) in [6.45, 7) is 3.36. The van der Waals surface area contributed by atoms with E-state index in [0.717, 1.165) is 5.56 Å². The number of hydrogen-bond donors (Lipinski definition) is 2. The Hall–Kier alpha value is -4.41. The Balaban J connectivity index is 1.42. The van der Waals surface area contributed by atoms with Gasteiger partial charge in [0.2, 0.25) is 23.6 Å². The fraction of sp³-hybridized carbons (Fsp3) is 0.485. The van der Waals surface area contributed by atoms with Gasteiger partial charge in [-0.15, -0.1) is 0 Å². The van der Waals surface area contributed by atoms with E-state index in [-0.39, 0.29) is 54.7 Å². The van der Waals surface area contributed by atoms with Gasteiger partial charge in [-0.2, -0.15) is 0 Å². The second-order valence-electron chi connectivity index (χ2n) is 11.9. The molecule has 2 aromatic carbocycles. The van der Waals surface area contributed by atoms with E-state index in [1.54, 1.807) is 46.0 Å². The smallest absolute Gasteiger partial charge is 0.255 e. The number of para-hydroxylation sites is 1. The van der Waals surface area contributed by atoms with Crippen molar-refractivity contribution >= 4 is 29.5 Å². The minimum absolute atomic E-state index is 0.0463. The van der Waals surface area contributed by atoms with Crippen LogP contribution in [0.5, 0.6) is 5.75 Å². The Labute approximate surface area is 257 Å². The molecule has 2 aromatic rings. The van der Waals surface area contributed by atoms with Crippen LogP contribution in [0.15, 0.2) is 54.6 Å². The molecule has 2 fully saturated rings. The van der Waals surface area contributed by atoms with Gasteiger partial charge in [0.15, 0.2) is 0 Å². The SMILES string of the molecule is CC(=O)N1CCCN(C(=O)[C@@H]2CCC(=O)NC3(CC3)C(=O)N(C)[C@@H](Cc3ccccc3)COc3ccccc3C(=O)N2)CC1. The molecule has 44 heavy (non-hydrogen) atoms. The third-order valence-corrected chi connectivity index (χ3v) is 8.80. The lowest BCUT2D eigenvalue weighted by molar-refractivity contribution is -0.139. The molecule has 2 N–H and O–H groups in total. The van der Waals surface area contributed by atoms with Crippen molar-refractivity contribution in [3.8, 4) is 5.75 Å². The summed E-state index contributed by atoms with van der Waals surface area (Å²) in [6.07, 6.45) is 2.21. The van der Waals surface area contributed by atoms with Crippen molar-refractivity contribution in [2.75, 3.05) is 39.8 Å². The molecule has 2 aliphatic heterocycles. The zero-order chi connectivity index (χ0) is 31.3. The molecule has 2 atom stereocenters. The van der Waals surface area contributed by atoms with Crippen molar-refractivity contribution in [2.45, 2.75) is 63.1 Å². The van der Waals surface area contributed by atoms with Gasteiger partial charge in [0, 0.05) is 46.6 Å². The number of benzene rings is 2. The lowest BCUT2D eigenvalue weighted by Gasteiger charge is -2.32. The van der Waals surface area contributed by atoms with Crippen LogP contribution >= 0.6 is 0 Å². The maximum atomic E-state index is 13.8. The van der Waals surface area contributed by atoms with Gasteiger partial charge in [0.1, 0.15) is 23.9 Å². The maximum absolute atomic E-state index is 13.8. The van der Waals surface area contributed by atoms with Gasteiger partial charge >= 0.3 is 0 Å². The van der Waals surface area contributed by atoms with E-state index in [4.69, 9.17) is 4.74 Å². The van der Waals surface area contributed by atoms with Crippen molar-refractivity contribution in [3.05, 3.63) is 65.7 Å². The van der Waals surface area contributed by atoms with E-state index in [1.165, 1.54) is 6.92 Å². The summed E-state index contributed by atoms with van der Waals surface area (Å²) in [7, 11) is 1.73. The van der Waals surface area contributed by atoms with Gasteiger partial charge in [0.05, 0.1) is 11.6 Å². The van der Waals surface area contributed by atoms with Crippen molar-refractivity contribution in [2.24, 2.45) is 0 Å². The summed E-state index contributed by atoms with van der Waals surface area (Å²) < 4.78 is 6.24. The monoisotopic (exact) mass is 603 g/mol. The molecule has 0 radical (unpaired) electrons. The molecule has 2 heterocycles. The number of hydrogen-bond acceptors (Lipinski definition) is 6. The third kappa shape index (κ3) is 7.20. The van der Waals surface area contributed by atoms with Crippen LogP contribution in [0.25, 0.3) is 0 Å². The number of ether oxygens (including phenoxy) is 1. The fourth-order valence-electron chi connectivity index (χ4n) is 5.95. The van der Waals surface area contributed by atoms with E-state index in [2.05, 4.69) is 10.6 Å². The first-order chi connectivity index (χ1) is 21.2. The molecule has 1 aliphatic carbocycles. The number of nitrogens with one attached hydrogen (secondary N) is 2. The highest BCUT2D eigenvalue weighted by Crippen LogP contribution is 2.38. The molecule has 0 bridgehead atoms. The number of carbonyl (C=O) groups is 5. The predicted molar refractivity (Wildman–Crippen MR) is 163 cm³/mol. The van der Waals surface area contributed by atoms with Crippen LogP contribution in [-0.4, -0.2) is 102 Å². The molecule has 5 rings (SSSR count). The van der Waals surface area contributed by atoms with Crippen LogP contribution in [0.4, 0.5) is 0 Å². The summed E-state index contributed by atoms with van der Waals surface area (Å²) in [4.78, 5) is 71.4. The molecule has 3 aliphatic rings. The van der Waals surface area contributed by atoms with Crippen LogP contribution in [0, 0.1) is 0 Å². The Kier molecular flexibility index (Phi) is 9.51. The standard InChI is InChI=1S/C33H41N5O6/c1-23(39)37-17-8-18-38(20-19-37)31(42)27-13-14-29(40)35-33(15-16-33)32(43)36(2)25(21-24-9-4-3-5-10-24)22-44-28-12-7-6-11-26(28)30(41)34-27/h3-7,9-12,25,27H,8,13-22H2,1-2H3,(H,34,41)(H,35,40)/t25-,27-/m0/s1. The van der Waals surface area contributed by atoms with E-state index < -0.39 is 17.5 Å². The fourth-order valence-corrected chi connectivity index (χ4v) is 5.95. The van der Waals surface area contributed by atoms with Crippen LogP contribution in [0.2, 0.25) is 0 Å². The van der Waals surface area contributed by atoms with E-state index >= 15 is 0 Å². The minimum atomic E-state index is -0.984. The lowest BCUT2D eigenvalue weighted by atomic mass is 10.0. The first-order valence-electron chi connectivity index (χ1n) is 15.4. The van der Waals surface area contributed by atoms with E-state index in [0.29, 0.717) is 57.6 Å². The predicted octanol–water partition coefficient (Wildman–Crippen LogP) is 1.76. The Morgan fingerprint density at radius 1 is 0.932 bits per heavy atom. The van der Waals surface area contributed by atoms with Gasteiger partial charge in [-0.25, -0.2) is 0 Å². The van der Waals surface area contributed by atoms with Gasteiger partial charge in [-0.1, -0.05) is 42.5 Å². The topological polar surface area (TPSA) is 128 Å². The highest BCUT2D eigenvalue weighted by Gasteiger charge is 2.53. The van der Waals surface area contributed by atoms with Crippen molar-refractivity contribution in [1.29, 1.82) is 0 Å². The molecule has 1 spiro atoms. The van der Waals surface area contributed by atoms with Gasteiger partial charge in [-0.3, -0.25) is 24.0 Å². The Morgan fingerprint density at radius 3 is 2.34 bits per heavy atom. The number of rotatable bonds is 3. The van der Waals surface area contributed by atoms with Crippen LogP contribution in [0.3, 0.4) is 0 Å². The minimum Gasteiger partial charge on any atom is -0.491 e. The Morgan fingerprint density at radius 2 is 1.61 bits per heavy atom. The summed E-state index contributed by atoms with van der Waals surface area (Å²) in [5.41, 5.74) is 0.303.